The Labute approximate surface area is 177 Å². The first-order valence-corrected chi connectivity index (χ1v) is 11.2. The van der Waals surface area contributed by atoms with Crippen LogP contribution in [-0.2, 0) is 27.2 Å². The SMILES string of the molecule is CC(C)OCCCNC(=O)Cc1csc(-c2ccc(CN3CCOCC3)cc2)n1. The van der Waals surface area contributed by atoms with Gasteiger partial charge in [0.15, 0.2) is 0 Å². The largest absolute Gasteiger partial charge is 0.379 e. The molecule has 29 heavy (non-hydrogen) atoms. The summed E-state index contributed by atoms with van der Waals surface area (Å²) in [7, 11) is 0. The zero-order chi connectivity index (χ0) is 20.5. The maximum absolute atomic E-state index is 12.1. The van der Waals surface area contributed by atoms with Crippen LogP contribution >= 0.6 is 11.3 Å². The van der Waals surface area contributed by atoms with E-state index >= 15 is 0 Å². The molecule has 1 amide bonds. The van der Waals surface area contributed by atoms with Gasteiger partial charge in [-0.15, -0.1) is 11.3 Å². The van der Waals surface area contributed by atoms with Crippen molar-refractivity contribution in [2.75, 3.05) is 39.5 Å². The van der Waals surface area contributed by atoms with Crippen LogP contribution in [0.15, 0.2) is 29.6 Å². The van der Waals surface area contributed by atoms with Crippen molar-refractivity contribution in [3.63, 3.8) is 0 Å². The molecule has 1 saturated heterocycles. The van der Waals surface area contributed by atoms with Crippen LogP contribution in [0.5, 0.6) is 0 Å². The molecule has 1 aromatic carbocycles. The van der Waals surface area contributed by atoms with Crippen LogP contribution in [0.4, 0.5) is 0 Å². The molecule has 1 N–H and O–H groups in total. The van der Waals surface area contributed by atoms with E-state index in [1.165, 1.54) is 5.56 Å². The Hall–Kier alpha value is -1.80. The van der Waals surface area contributed by atoms with Crippen LogP contribution in [-0.4, -0.2) is 61.3 Å². The van der Waals surface area contributed by atoms with Crippen LogP contribution in [0.1, 0.15) is 31.5 Å². The number of benzene rings is 1. The van der Waals surface area contributed by atoms with E-state index in [1.807, 2.05) is 19.2 Å². The first-order valence-electron chi connectivity index (χ1n) is 10.3. The number of nitrogens with zero attached hydrogens (tertiary/aromatic N) is 2. The molecule has 0 saturated carbocycles. The predicted molar refractivity (Wildman–Crippen MR) is 116 cm³/mol. The molecule has 1 fully saturated rings. The second-order valence-electron chi connectivity index (χ2n) is 7.53. The van der Waals surface area contributed by atoms with E-state index in [1.54, 1.807) is 11.3 Å². The predicted octanol–water partition coefficient (Wildman–Crippen LogP) is 3.12. The molecule has 0 radical (unpaired) electrons. The molecule has 2 heterocycles. The third-order valence-corrected chi connectivity index (χ3v) is 5.64. The van der Waals surface area contributed by atoms with Crippen LogP contribution < -0.4 is 5.32 Å². The zero-order valence-electron chi connectivity index (χ0n) is 17.4. The Morgan fingerprint density at radius 1 is 1.28 bits per heavy atom. The Morgan fingerprint density at radius 3 is 2.76 bits per heavy atom. The van der Waals surface area contributed by atoms with E-state index in [0.717, 1.165) is 55.5 Å². The van der Waals surface area contributed by atoms with Gasteiger partial charge in [-0.3, -0.25) is 9.69 Å². The summed E-state index contributed by atoms with van der Waals surface area (Å²) < 4.78 is 10.9. The van der Waals surface area contributed by atoms with E-state index < -0.39 is 0 Å². The lowest BCUT2D eigenvalue weighted by molar-refractivity contribution is -0.120. The molecule has 7 heteroatoms. The van der Waals surface area contributed by atoms with E-state index in [9.17, 15) is 4.79 Å². The molecule has 1 aromatic heterocycles. The highest BCUT2D eigenvalue weighted by molar-refractivity contribution is 7.13. The molecule has 1 aliphatic heterocycles. The fourth-order valence-electron chi connectivity index (χ4n) is 3.14. The van der Waals surface area contributed by atoms with Gasteiger partial charge in [-0.25, -0.2) is 4.98 Å². The average Bonchev–Trinajstić information content (AvgIpc) is 3.17. The molecular weight excluding hydrogens is 386 g/mol. The van der Waals surface area contributed by atoms with Crippen molar-refractivity contribution in [2.45, 2.75) is 39.3 Å². The number of rotatable bonds is 10. The summed E-state index contributed by atoms with van der Waals surface area (Å²) in [6, 6.07) is 8.57. The third-order valence-electron chi connectivity index (χ3n) is 4.70. The van der Waals surface area contributed by atoms with Crippen molar-refractivity contribution < 1.29 is 14.3 Å². The number of hydrogen-bond acceptors (Lipinski definition) is 6. The Bertz CT molecular complexity index is 755. The number of thiazole rings is 1. The topological polar surface area (TPSA) is 63.7 Å². The highest BCUT2D eigenvalue weighted by atomic mass is 32.1. The maximum atomic E-state index is 12.1. The van der Waals surface area contributed by atoms with Gasteiger partial charge >= 0.3 is 0 Å². The summed E-state index contributed by atoms with van der Waals surface area (Å²) in [6.07, 6.45) is 1.37. The lowest BCUT2D eigenvalue weighted by atomic mass is 10.1. The van der Waals surface area contributed by atoms with E-state index in [4.69, 9.17) is 9.47 Å². The normalized spacial score (nSPS) is 15.0. The minimum atomic E-state index is 0.00672. The van der Waals surface area contributed by atoms with Gasteiger partial charge in [0.2, 0.25) is 5.91 Å². The molecule has 0 aliphatic carbocycles. The van der Waals surface area contributed by atoms with Crippen LogP contribution in [0.3, 0.4) is 0 Å². The average molecular weight is 418 g/mol. The summed E-state index contributed by atoms with van der Waals surface area (Å²) in [5, 5.41) is 5.86. The van der Waals surface area contributed by atoms with Gasteiger partial charge in [-0.05, 0) is 25.8 Å². The van der Waals surface area contributed by atoms with Crippen molar-refractivity contribution in [3.05, 3.63) is 40.9 Å². The van der Waals surface area contributed by atoms with Gasteiger partial charge in [-0.1, -0.05) is 24.3 Å². The highest BCUT2D eigenvalue weighted by Crippen LogP contribution is 2.24. The summed E-state index contributed by atoms with van der Waals surface area (Å²) >= 11 is 1.58. The van der Waals surface area contributed by atoms with Crippen molar-refractivity contribution in [1.29, 1.82) is 0 Å². The van der Waals surface area contributed by atoms with Crippen LogP contribution in [0, 0.1) is 0 Å². The number of aromatic nitrogens is 1. The van der Waals surface area contributed by atoms with Crippen molar-refractivity contribution in [1.82, 2.24) is 15.2 Å². The van der Waals surface area contributed by atoms with Crippen LogP contribution in [0.25, 0.3) is 10.6 Å². The van der Waals surface area contributed by atoms with Crippen molar-refractivity contribution in [3.8, 4) is 10.6 Å². The lowest BCUT2D eigenvalue weighted by Gasteiger charge is -2.26. The molecular formula is C22H31N3O3S. The fraction of sp³-hybridized carbons (Fsp3) is 0.545. The monoisotopic (exact) mass is 417 g/mol. The van der Waals surface area contributed by atoms with Crippen LogP contribution in [0.2, 0.25) is 0 Å². The lowest BCUT2D eigenvalue weighted by Crippen LogP contribution is -2.35. The second-order valence-corrected chi connectivity index (χ2v) is 8.39. The molecule has 0 unspecified atom stereocenters. The number of carbonyl (C=O) groups excluding carboxylic acids is 1. The highest BCUT2D eigenvalue weighted by Gasteiger charge is 2.12. The zero-order valence-corrected chi connectivity index (χ0v) is 18.2. The summed E-state index contributed by atoms with van der Waals surface area (Å²) in [6.45, 7) is 9.89. The summed E-state index contributed by atoms with van der Waals surface area (Å²) in [5.41, 5.74) is 3.21. The number of morpholine rings is 1. The number of carbonyl (C=O) groups is 1. The van der Waals surface area contributed by atoms with Gasteiger partial charge in [0.25, 0.3) is 0 Å². The molecule has 6 nitrogen and oxygen atoms in total. The quantitative estimate of drug-likeness (QED) is 0.602. The molecule has 0 atom stereocenters. The molecule has 0 spiro atoms. The van der Waals surface area contributed by atoms with E-state index in [0.29, 0.717) is 19.6 Å². The third kappa shape index (κ3) is 7.51. The van der Waals surface area contributed by atoms with E-state index in [2.05, 4.69) is 39.5 Å². The van der Waals surface area contributed by atoms with Gasteiger partial charge < -0.3 is 14.8 Å². The summed E-state index contributed by atoms with van der Waals surface area (Å²) in [4.78, 5) is 19.1. The Kier molecular flexibility index (Phi) is 8.61. The minimum absolute atomic E-state index is 0.00672. The molecule has 2 aromatic rings. The number of ether oxygens (including phenoxy) is 2. The van der Waals surface area contributed by atoms with Gasteiger partial charge in [0.05, 0.1) is 31.4 Å². The van der Waals surface area contributed by atoms with Crippen molar-refractivity contribution >= 4 is 17.2 Å². The minimum Gasteiger partial charge on any atom is -0.379 e. The van der Waals surface area contributed by atoms with Gasteiger partial charge in [-0.2, -0.15) is 0 Å². The van der Waals surface area contributed by atoms with Gasteiger partial charge in [0, 0.05) is 43.7 Å². The fourth-order valence-corrected chi connectivity index (χ4v) is 3.96. The smallest absolute Gasteiger partial charge is 0.226 e. The standard InChI is InChI=1S/C22H31N3O3S/c1-17(2)28-11-3-8-23-21(26)14-20-16-29-22(24-20)19-6-4-18(5-7-19)15-25-9-12-27-13-10-25/h4-7,16-17H,3,8-15H2,1-2H3,(H,23,26). The first-order chi connectivity index (χ1) is 14.1. The molecule has 3 rings (SSSR count). The first kappa shape index (κ1) is 21.9. The van der Waals surface area contributed by atoms with Gasteiger partial charge in [0.1, 0.15) is 5.01 Å². The Morgan fingerprint density at radius 2 is 2.03 bits per heavy atom. The second kappa shape index (κ2) is 11.4. The number of nitrogens with one attached hydrogen (secondary N) is 1. The maximum Gasteiger partial charge on any atom is 0.226 e. The Balaban J connectivity index is 1.44. The molecule has 1 aliphatic rings. The van der Waals surface area contributed by atoms with Crippen molar-refractivity contribution in [2.24, 2.45) is 0 Å². The summed E-state index contributed by atoms with van der Waals surface area (Å²) in [5.74, 6) is 0.00672. The molecule has 158 valence electrons. The molecule has 0 bridgehead atoms. The van der Waals surface area contributed by atoms with E-state index in [-0.39, 0.29) is 12.0 Å². The number of hydrogen-bond donors (Lipinski definition) is 1. The number of amides is 1.